The van der Waals surface area contributed by atoms with E-state index in [1.807, 2.05) is 0 Å². The topological polar surface area (TPSA) is 32.3 Å². The Balaban J connectivity index is 2.40. The van der Waals surface area contributed by atoms with Crippen molar-refractivity contribution in [3.8, 4) is 0 Å². The standard InChI is InChI=1S/C12H11F5N2O/c13-11(14,12(15,16)17)10(20)19-6-5-18-7-8-3-1-2-4-9(8)19/h1-4,18H,5-7H2. The van der Waals surface area contributed by atoms with Gasteiger partial charge in [-0.1, -0.05) is 18.2 Å². The van der Waals surface area contributed by atoms with Crippen LogP contribution in [0.25, 0.3) is 0 Å². The lowest BCUT2D eigenvalue weighted by Gasteiger charge is -2.27. The van der Waals surface area contributed by atoms with Crippen molar-refractivity contribution in [2.24, 2.45) is 0 Å². The Morgan fingerprint density at radius 3 is 2.45 bits per heavy atom. The Kier molecular flexibility index (Phi) is 3.68. The molecule has 20 heavy (non-hydrogen) atoms. The van der Waals surface area contributed by atoms with Crippen LogP contribution in [0.15, 0.2) is 24.3 Å². The number of carbonyl (C=O) groups is 1. The number of amides is 1. The molecular formula is C12H11F5N2O. The summed E-state index contributed by atoms with van der Waals surface area (Å²) in [5, 5.41) is 2.86. The van der Waals surface area contributed by atoms with Crippen molar-refractivity contribution >= 4 is 11.6 Å². The third kappa shape index (κ3) is 2.47. The summed E-state index contributed by atoms with van der Waals surface area (Å²) in [5.41, 5.74) is 0.572. The van der Waals surface area contributed by atoms with Crippen molar-refractivity contribution in [3.63, 3.8) is 0 Å². The van der Waals surface area contributed by atoms with Gasteiger partial charge in [0.15, 0.2) is 0 Å². The first-order valence-electron chi connectivity index (χ1n) is 5.80. The Morgan fingerprint density at radius 2 is 1.80 bits per heavy atom. The van der Waals surface area contributed by atoms with Crippen LogP contribution in [-0.4, -0.2) is 31.1 Å². The fraction of sp³-hybridized carbons (Fsp3) is 0.417. The first kappa shape index (κ1) is 14.7. The average molecular weight is 294 g/mol. The maximum Gasteiger partial charge on any atom is 0.463 e. The van der Waals surface area contributed by atoms with E-state index < -0.39 is 18.0 Å². The van der Waals surface area contributed by atoms with Gasteiger partial charge in [0.25, 0.3) is 0 Å². The van der Waals surface area contributed by atoms with Crippen molar-refractivity contribution in [2.75, 3.05) is 18.0 Å². The highest BCUT2D eigenvalue weighted by Crippen LogP contribution is 2.38. The van der Waals surface area contributed by atoms with Crippen LogP contribution >= 0.6 is 0 Å². The fourth-order valence-corrected chi connectivity index (χ4v) is 1.96. The number of para-hydroxylation sites is 1. The van der Waals surface area contributed by atoms with E-state index in [1.54, 1.807) is 12.1 Å². The number of hydrogen-bond acceptors (Lipinski definition) is 2. The molecule has 0 radical (unpaired) electrons. The molecule has 1 heterocycles. The SMILES string of the molecule is O=C(N1CCNCc2ccccc21)C(F)(F)C(F)(F)F. The van der Waals surface area contributed by atoms with E-state index in [1.165, 1.54) is 12.1 Å². The third-order valence-electron chi connectivity index (χ3n) is 2.98. The smallest absolute Gasteiger partial charge is 0.311 e. The van der Waals surface area contributed by atoms with Gasteiger partial charge in [0.2, 0.25) is 0 Å². The van der Waals surface area contributed by atoms with E-state index in [4.69, 9.17) is 0 Å². The molecule has 0 aromatic heterocycles. The summed E-state index contributed by atoms with van der Waals surface area (Å²) >= 11 is 0. The molecule has 3 nitrogen and oxygen atoms in total. The maximum absolute atomic E-state index is 13.2. The number of halogens is 5. The van der Waals surface area contributed by atoms with Gasteiger partial charge in [0.1, 0.15) is 0 Å². The van der Waals surface area contributed by atoms with Crippen LogP contribution in [-0.2, 0) is 11.3 Å². The molecule has 0 bridgehead atoms. The number of anilines is 1. The minimum Gasteiger partial charge on any atom is -0.311 e. The molecule has 0 spiro atoms. The van der Waals surface area contributed by atoms with Gasteiger partial charge in [-0.2, -0.15) is 22.0 Å². The van der Waals surface area contributed by atoms with Gasteiger partial charge in [0.05, 0.1) is 0 Å². The molecule has 1 amide bonds. The van der Waals surface area contributed by atoms with Crippen molar-refractivity contribution in [1.82, 2.24) is 5.32 Å². The lowest BCUT2D eigenvalue weighted by Crippen LogP contribution is -2.53. The summed E-state index contributed by atoms with van der Waals surface area (Å²) < 4.78 is 63.3. The van der Waals surface area contributed by atoms with E-state index >= 15 is 0 Å². The van der Waals surface area contributed by atoms with Gasteiger partial charge in [-0.15, -0.1) is 0 Å². The molecule has 1 aromatic rings. The highest BCUT2D eigenvalue weighted by atomic mass is 19.4. The van der Waals surface area contributed by atoms with Crippen LogP contribution in [0, 0.1) is 0 Å². The number of rotatable bonds is 1. The lowest BCUT2D eigenvalue weighted by molar-refractivity contribution is -0.268. The molecule has 2 rings (SSSR count). The molecule has 0 aliphatic carbocycles. The summed E-state index contributed by atoms with van der Waals surface area (Å²) in [6, 6.07) is 6.03. The minimum atomic E-state index is -5.90. The number of alkyl halides is 5. The molecule has 0 saturated heterocycles. The van der Waals surface area contributed by atoms with Crippen molar-refractivity contribution in [1.29, 1.82) is 0 Å². The summed E-state index contributed by atoms with van der Waals surface area (Å²) in [7, 11) is 0. The number of benzene rings is 1. The van der Waals surface area contributed by atoms with E-state index in [0.29, 0.717) is 17.0 Å². The Labute approximate surface area is 111 Å². The van der Waals surface area contributed by atoms with Crippen LogP contribution < -0.4 is 10.2 Å². The molecule has 0 saturated carbocycles. The molecule has 1 aliphatic rings. The molecule has 1 aliphatic heterocycles. The predicted octanol–water partition coefficient (Wildman–Crippen LogP) is 2.32. The molecule has 0 atom stereocenters. The lowest BCUT2D eigenvalue weighted by atomic mass is 10.1. The molecule has 1 N–H and O–H groups in total. The van der Waals surface area contributed by atoms with Crippen LogP contribution in [0.2, 0.25) is 0 Å². The van der Waals surface area contributed by atoms with Crippen molar-refractivity contribution in [2.45, 2.75) is 18.6 Å². The van der Waals surface area contributed by atoms with Crippen molar-refractivity contribution < 1.29 is 26.7 Å². The summed E-state index contributed by atoms with van der Waals surface area (Å²) in [6.45, 7) is 0.188. The summed E-state index contributed by atoms with van der Waals surface area (Å²) in [6.07, 6.45) is -5.90. The van der Waals surface area contributed by atoms with Crippen LogP contribution in [0.5, 0.6) is 0 Å². The van der Waals surface area contributed by atoms with E-state index in [2.05, 4.69) is 5.32 Å². The van der Waals surface area contributed by atoms with E-state index in [9.17, 15) is 26.7 Å². The van der Waals surface area contributed by atoms with Crippen molar-refractivity contribution in [3.05, 3.63) is 29.8 Å². The Bertz CT molecular complexity index is 515. The number of hydrogen-bond donors (Lipinski definition) is 1. The average Bonchev–Trinajstić information content (AvgIpc) is 2.58. The second kappa shape index (κ2) is 5.01. The zero-order valence-electron chi connectivity index (χ0n) is 10.2. The normalized spacial score (nSPS) is 16.6. The number of nitrogens with one attached hydrogen (secondary N) is 1. The highest BCUT2D eigenvalue weighted by Gasteiger charge is 2.64. The van der Waals surface area contributed by atoms with Gasteiger partial charge < -0.3 is 10.2 Å². The zero-order valence-corrected chi connectivity index (χ0v) is 10.2. The molecule has 0 unspecified atom stereocenters. The minimum absolute atomic E-state index is 0.0754. The number of carbonyl (C=O) groups excluding carboxylic acids is 1. The zero-order chi connectivity index (χ0) is 15.0. The third-order valence-corrected chi connectivity index (χ3v) is 2.98. The first-order valence-corrected chi connectivity index (χ1v) is 5.80. The Hall–Kier alpha value is -1.70. The highest BCUT2D eigenvalue weighted by molar-refractivity contribution is 5.99. The predicted molar refractivity (Wildman–Crippen MR) is 61.5 cm³/mol. The molecule has 1 aromatic carbocycles. The second-order valence-corrected chi connectivity index (χ2v) is 4.33. The molecule has 8 heteroatoms. The summed E-state index contributed by atoms with van der Waals surface area (Å²) in [4.78, 5) is 12.1. The van der Waals surface area contributed by atoms with Gasteiger partial charge in [-0.05, 0) is 11.6 Å². The maximum atomic E-state index is 13.2. The van der Waals surface area contributed by atoms with E-state index in [0.717, 1.165) is 0 Å². The Morgan fingerprint density at radius 1 is 1.15 bits per heavy atom. The second-order valence-electron chi connectivity index (χ2n) is 4.33. The number of fused-ring (bicyclic) bond motifs is 1. The van der Waals surface area contributed by atoms with Gasteiger partial charge >= 0.3 is 18.0 Å². The molecular weight excluding hydrogens is 283 g/mol. The van der Waals surface area contributed by atoms with Gasteiger partial charge in [-0.3, -0.25) is 4.79 Å². The summed E-state index contributed by atoms with van der Waals surface area (Å²) in [5.74, 6) is -7.65. The first-order chi connectivity index (χ1) is 9.25. The largest absolute Gasteiger partial charge is 0.463 e. The van der Waals surface area contributed by atoms with Crippen LogP contribution in [0.1, 0.15) is 5.56 Å². The van der Waals surface area contributed by atoms with Crippen LogP contribution in [0.4, 0.5) is 27.6 Å². The monoisotopic (exact) mass is 294 g/mol. The fourth-order valence-electron chi connectivity index (χ4n) is 1.96. The van der Waals surface area contributed by atoms with Crippen LogP contribution in [0.3, 0.4) is 0 Å². The molecule has 0 fully saturated rings. The molecule has 110 valence electrons. The van der Waals surface area contributed by atoms with Gasteiger partial charge in [0, 0.05) is 25.3 Å². The number of nitrogens with zero attached hydrogens (tertiary/aromatic N) is 1. The quantitative estimate of drug-likeness (QED) is 0.806. The van der Waals surface area contributed by atoms with Gasteiger partial charge in [-0.25, -0.2) is 0 Å². The van der Waals surface area contributed by atoms with E-state index in [-0.39, 0.29) is 18.8 Å².